The number of hydrogen-bond acceptors (Lipinski definition) is 8. The lowest BCUT2D eigenvalue weighted by Gasteiger charge is -2.18. The van der Waals surface area contributed by atoms with E-state index in [1.54, 1.807) is 30.3 Å². The maximum absolute atomic E-state index is 12.0. The molecule has 0 saturated carbocycles. The van der Waals surface area contributed by atoms with Gasteiger partial charge in [-0.15, -0.1) is 0 Å². The number of nitrogens with one attached hydrogen (secondary N) is 1. The van der Waals surface area contributed by atoms with Gasteiger partial charge in [0.15, 0.2) is 23.0 Å². The van der Waals surface area contributed by atoms with Crippen molar-refractivity contribution in [2.75, 3.05) is 32.8 Å². The summed E-state index contributed by atoms with van der Waals surface area (Å²) in [5, 5.41) is 12.1. The first-order valence-corrected chi connectivity index (χ1v) is 9.40. The predicted molar refractivity (Wildman–Crippen MR) is 113 cm³/mol. The summed E-state index contributed by atoms with van der Waals surface area (Å²) in [4.78, 5) is 20.9. The van der Waals surface area contributed by atoms with Gasteiger partial charge in [0.25, 0.3) is 5.91 Å². The number of carbonyl (C=O) groups excluding carboxylic acids is 1. The van der Waals surface area contributed by atoms with E-state index in [9.17, 15) is 4.79 Å². The molecule has 1 aromatic heterocycles. The number of ether oxygens (including phenoxy) is 3. The first kappa shape index (κ1) is 21.1. The van der Waals surface area contributed by atoms with E-state index in [1.807, 2.05) is 6.07 Å². The van der Waals surface area contributed by atoms with Crippen LogP contribution in [0.25, 0.3) is 11.0 Å². The van der Waals surface area contributed by atoms with Gasteiger partial charge in [-0.2, -0.15) is 0 Å². The Kier molecular flexibility index (Phi) is 6.87. The molecule has 0 fully saturated rings. The Hall–Kier alpha value is -3.59. The fourth-order valence-corrected chi connectivity index (χ4v) is 2.86. The van der Waals surface area contributed by atoms with Crippen LogP contribution in [0, 0.1) is 0 Å². The molecule has 0 spiro atoms. The van der Waals surface area contributed by atoms with Gasteiger partial charge in [0.2, 0.25) is 0 Å². The first-order chi connectivity index (χ1) is 14.6. The lowest BCUT2D eigenvalue weighted by atomic mass is 10.2. The molecule has 0 radical (unpaired) electrons. The van der Waals surface area contributed by atoms with E-state index in [4.69, 9.17) is 25.1 Å². The number of rotatable bonds is 10. The number of aromatic nitrogens is 2. The molecule has 0 atom stereocenters. The molecule has 0 saturated heterocycles. The molecule has 9 nitrogen and oxygen atoms in total. The summed E-state index contributed by atoms with van der Waals surface area (Å²) in [5.74, 6) is 0.857. The van der Waals surface area contributed by atoms with Crippen LogP contribution in [-0.4, -0.2) is 48.4 Å². The SMILES string of the molecule is COc1cc(Nc2nc3ccccc3nc2C(N)=O)c(OCCCCO)c(OC)c1. The molecule has 0 aliphatic rings. The molecule has 0 aliphatic carbocycles. The highest BCUT2D eigenvalue weighted by Crippen LogP contribution is 2.41. The van der Waals surface area contributed by atoms with Crippen molar-refractivity contribution in [3.63, 3.8) is 0 Å². The average molecular weight is 412 g/mol. The Bertz CT molecular complexity index is 1040. The van der Waals surface area contributed by atoms with Gasteiger partial charge in [-0.1, -0.05) is 12.1 Å². The Morgan fingerprint density at radius 3 is 2.47 bits per heavy atom. The van der Waals surface area contributed by atoms with Gasteiger partial charge in [-0.3, -0.25) is 4.79 Å². The first-order valence-electron chi connectivity index (χ1n) is 9.40. The molecule has 30 heavy (non-hydrogen) atoms. The number of methoxy groups -OCH3 is 2. The van der Waals surface area contributed by atoms with Gasteiger partial charge in [-0.25, -0.2) is 9.97 Å². The minimum Gasteiger partial charge on any atom is -0.497 e. The Morgan fingerprint density at radius 1 is 1.10 bits per heavy atom. The molecule has 2 aromatic carbocycles. The van der Waals surface area contributed by atoms with Crippen molar-refractivity contribution >= 4 is 28.4 Å². The number of nitrogens with zero attached hydrogens (tertiary/aromatic N) is 2. The van der Waals surface area contributed by atoms with E-state index >= 15 is 0 Å². The van der Waals surface area contributed by atoms with Crippen LogP contribution >= 0.6 is 0 Å². The number of aliphatic hydroxyl groups is 1. The van der Waals surface area contributed by atoms with E-state index in [0.717, 1.165) is 0 Å². The zero-order valence-corrected chi connectivity index (χ0v) is 16.8. The molecule has 158 valence electrons. The number of anilines is 2. The van der Waals surface area contributed by atoms with Gasteiger partial charge in [0.05, 0.1) is 37.5 Å². The highest BCUT2D eigenvalue weighted by molar-refractivity contribution is 5.98. The fourth-order valence-electron chi connectivity index (χ4n) is 2.86. The van der Waals surface area contributed by atoms with Crippen molar-refractivity contribution in [1.29, 1.82) is 0 Å². The van der Waals surface area contributed by atoms with Crippen molar-refractivity contribution < 1.29 is 24.1 Å². The maximum atomic E-state index is 12.0. The molecule has 9 heteroatoms. The Balaban J connectivity index is 2.06. The quantitative estimate of drug-likeness (QED) is 0.434. The Morgan fingerprint density at radius 2 is 1.83 bits per heavy atom. The second kappa shape index (κ2) is 9.75. The van der Waals surface area contributed by atoms with Crippen LogP contribution in [0.3, 0.4) is 0 Å². The van der Waals surface area contributed by atoms with Gasteiger partial charge >= 0.3 is 0 Å². The summed E-state index contributed by atoms with van der Waals surface area (Å²) in [5.41, 5.74) is 7.17. The van der Waals surface area contributed by atoms with Crippen molar-refractivity contribution in [3.8, 4) is 17.2 Å². The number of unbranched alkanes of at least 4 members (excludes halogenated alkanes) is 1. The molecule has 4 N–H and O–H groups in total. The van der Waals surface area contributed by atoms with E-state index in [-0.39, 0.29) is 18.1 Å². The van der Waals surface area contributed by atoms with Crippen molar-refractivity contribution in [3.05, 3.63) is 42.1 Å². The lowest BCUT2D eigenvalue weighted by Crippen LogP contribution is -2.17. The monoisotopic (exact) mass is 412 g/mol. The summed E-state index contributed by atoms with van der Waals surface area (Å²) < 4.78 is 16.7. The topological polar surface area (TPSA) is 129 Å². The number of para-hydroxylation sites is 2. The van der Waals surface area contributed by atoms with Crippen LogP contribution < -0.4 is 25.3 Å². The number of benzene rings is 2. The number of amides is 1. The van der Waals surface area contributed by atoms with Gasteiger partial charge in [0, 0.05) is 18.7 Å². The minimum absolute atomic E-state index is 0.00159. The van der Waals surface area contributed by atoms with Crippen LogP contribution in [0.4, 0.5) is 11.5 Å². The molecular formula is C21H24N4O5. The third-order valence-electron chi connectivity index (χ3n) is 4.34. The molecule has 3 aromatic rings. The molecule has 3 rings (SSSR count). The van der Waals surface area contributed by atoms with Crippen LogP contribution in [0.15, 0.2) is 36.4 Å². The second-order valence-corrected chi connectivity index (χ2v) is 6.38. The lowest BCUT2D eigenvalue weighted by molar-refractivity contribution is 0.0996. The molecule has 0 aliphatic heterocycles. The number of carbonyl (C=O) groups is 1. The molecule has 0 unspecified atom stereocenters. The fraction of sp³-hybridized carbons (Fsp3) is 0.286. The summed E-state index contributed by atoms with van der Waals surface area (Å²) in [6.07, 6.45) is 1.27. The largest absolute Gasteiger partial charge is 0.497 e. The number of hydrogen-bond donors (Lipinski definition) is 3. The van der Waals surface area contributed by atoms with Crippen LogP contribution in [0.1, 0.15) is 23.3 Å². The summed E-state index contributed by atoms with van der Waals surface area (Å²) >= 11 is 0. The van der Waals surface area contributed by atoms with Gasteiger partial charge < -0.3 is 30.4 Å². The summed E-state index contributed by atoms with van der Waals surface area (Å²) in [7, 11) is 3.05. The second-order valence-electron chi connectivity index (χ2n) is 6.38. The number of nitrogens with two attached hydrogens (primary N) is 1. The van der Waals surface area contributed by atoms with E-state index in [1.165, 1.54) is 14.2 Å². The summed E-state index contributed by atoms with van der Waals surface area (Å²) in [6, 6.07) is 10.6. The number of fused-ring (bicyclic) bond motifs is 1. The Labute approximate surface area is 173 Å². The molecular weight excluding hydrogens is 388 g/mol. The van der Waals surface area contributed by atoms with Crippen molar-refractivity contribution in [1.82, 2.24) is 9.97 Å². The predicted octanol–water partition coefficient (Wildman–Crippen LogP) is 2.64. The highest BCUT2D eigenvalue weighted by atomic mass is 16.5. The van der Waals surface area contributed by atoms with Gasteiger partial charge in [0.1, 0.15) is 5.75 Å². The van der Waals surface area contributed by atoms with E-state index < -0.39 is 5.91 Å². The summed E-state index contributed by atoms with van der Waals surface area (Å²) in [6.45, 7) is 0.451. The molecule has 0 bridgehead atoms. The van der Waals surface area contributed by atoms with Crippen molar-refractivity contribution in [2.45, 2.75) is 12.8 Å². The number of primary amides is 1. The molecule has 1 amide bonds. The smallest absolute Gasteiger partial charge is 0.271 e. The van der Waals surface area contributed by atoms with Crippen LogP contribution in [0.5, 0.6) is 17.2 Å². The van der Waals surface area contributed by atoms with Crippen LogP contribution in [0.2, 0.25) is 0 Å². The highest BCUT2D eigenvalue weighted by Gasteiger charge is 2.19. The average Bonchev–Trinajstić information content (AvgIpc) is 2.76. The standard InChI is InChI=1S/C21H24N4O5/c1-28-13-11-16(19(17(12-13)29-2)30-10-6-5-9-26)25-21-18(20(22)27)23-14-7-3-4-8-15(14)24-21/h3-4,7-8,11-12,26H,5-6,9-10H2,1-2H3,(H2,22,27)(H,24,25). The third kappa shape index (κ3) is 4.69. The van der Waals surface area contributed by atoms with Crippen molar-refractivity contribution in [2.24, 2.45) is 5.73 Å². The van der Waals surface area contributed by atoms with Gasteiger partial charge in [-0.05, 0) is 25.0 Å². The van der Waals surface area contributed by atoms with Crippen LogP contribution in [-0.2, 0) is 0 Å². The number of aliphatic hydroxyl groups excluding tert-OH is 1. The third-order valence-corrected chi connectivity index (χ3v) is 4.34. The normalized spacial score (nSPS) is 10.6. The minimum atomic E-state index is -0.712. The van der Waals surface area contributed by atoms with E-state index in [0.29, 0.717) is 53.4 Å². The molecule has 1 heterocycles. The zero-order chi connectivity index (χ0) is 21.5. The van der Waals surface area contributed by atoms with E-state index in [2.05, 4.69) is 15.3 Å². The maximum Gasteiger partial charge on any atom is 0.271 e. The zero-order valence-electron chi connectivity index (χ0n) is 16.8.